The van der Waals surface area contributed by atoms with Crippen LogP contribution >= 0.6 is 11.6 Å². The molecule has 104 valence electrons. The van der Waals surface area contributed by atoms with Crippen molar-refractivity contribution in [3.63, 3.8) is 0 Å². The summed E-state index contributed by atoms with van der Waals surface area (Å²) < 4.78 is 13.3. The molecule has 1 heterocycles. The quantitative estimate of drug-likeness (QED) is 0.947. The number of carbonyl (C=O) groups excluding carboxylic acids is 1. The maximum absolute atomic E-state index is 13.3. The molecule has 1 aromatic carbocycles. The lowest BCUT2D eigenvalue weighted by Crippen LogP contribution is -2.26. The van der Waals surface area contributed by atoms with Crippen molar-refractivity contribution in [2.45, 2.75) is 6.54 Å². The molecular formula is C14H12ClFN2O2. The molecule has 0 atom stereocenters. The average molecular weight is 295 g/mol. The van der Waals surface area contributed by atoms with E-state index in [2.05, 4.69) is 4.98 Å². The fourth-order valence-electron chi connectivity index (χ4n) is 1.75. The molecule has 0 aliphatic carbocycles. The number of halogens is 2. The molecule has 1 N–H and O–H groups in total. The fraction of sp³-hybridized carbons (Fsp3) is 0.143. The first-order valence-corrected chi connectivity index (χ1v) is 6.18. The van der Waals surface area contributed by atoms with Gasteiger partial charge in [0, 0.05) is 19.8 Å². The summed E-state index contributed by atoms with van der Waals surface area (Å²) in [5.41, 5.74) is 0.887. The summed E-state index contributed by atoms with van der Waals surface area (Å²) in [6, 6.07) is 5.71. The number of aromatic nitrogens is 1. The van der Waals surface area contributed by atoms with E-state index in [9.17, 15) is 14.3 Å². The summed E-state index contributed by atoms with van der Waals surface area (Å²) in [6.07, 6.45) is 2.60. The van der Waals surface area contributed by atoms with Crippen LogP contribution in [0.1, 0.15) is 15.9 Å². The second kappa shape index (κ2) is 5.88. The zero-order valence-electron chi connectivity index (χ0n) is 10.7. The Morgan fingerprint density at radius 3 is 2.80 bits per heavy atom. The first kappa shape index (κ1) is 14.3. The van der Waals surface area contributed by atoms with E-state index in [4.69, 9.17) is 11.6 Å². The fourth-order valence-corrected chi connectivity index (χ4v) is 1.87. The van der Waals surface area contributed by atoms with Crippen LogP contribution in [0.15, 0.2) is 36.7 Å². The number of amides is 1. The van der Waals surface area contributed by atoms with Gasteiger partial charge in [0.1, 0.15) is 11.6 Å². The molecule has 0 spiro atoms. The van der Waals surface area contributed by atoms with Gasteiger partial charge >= 0.3 is 0 Å². The molecule has 0 saturated heterocycles. The summed E-state index contributed by atoms with van der Waals surface area (Å²) >= 11 is 5.60. The molecule has 6 heteroatoms. The first-order valence-electron chi connectivity index (χ1n) is 5.81. The second-order valence-corrected chi connectivity index (χ2v) is 4.75. The number of rotatable bonds is 3. The van der Waals surface area contributed by atoms with E-state index < -0.39 is 5.82 Å². The SMILES string of the molecule is CN(Cc1ccc(Cl)c(F)c1)C(=O)c1cncc(O)c1. The molecule has 0 unspecified atom stereocenters. The van der Waals surface area contributed by atoms with E-state index in [0.29, 0.717) is 5.56 Å². The molecule has 20 heavy (non-hydrogen) atoms. The molecule has 0 bridgehead atoms. The van der Waals surface area contributed by atoms with Gasteiger partial charge in [-0.15, -0.1) is 0 Å². The zero-order chi connectivity index (χ0) is 14.7. The minimum atomic E-state index is -0.524. The Bertz CT molecular complexity index is 649. The van der Waals surface area contributed by atoms with E-state index in [1.165, 1.54) is 35.5 Å². The minimum Gasteiger partial charge on any atom is -0.506 e. The van der Waals surface area contributed by atoms with Crippen LogP contribution in [-0.2, 0) is 6.54 Å². The van der Waals surface area contributed by atoms with E-state index in [1.54, 1.807) is 13.1 Å². The third-order valence-corrected chi connectivity index (χ3v) is 3.03. The van der Waals surface area contributed by atoms with E-state index in [1.807, 2.05) is 0 Å². The summed E-state index contributed by atoms with van der Waals surface area (Å²) in [6.45, 7) is 0.225. The monoisotopic (exact) mass is 294 g/mol. The molecule has 2 aromatic rings. The topological polar surface area (TPSA) is 53.4 Å². The van der Waals surface area contributed by atoms with Crippen LogP contribution in [0.25, 0.3) is 0 Å². The van der Waals surface area contributed by atoms with Crippen molar-refractivity contribution in [1.29, 1.82) is 0 Å². The molecule has 1 aromatic heterocycles. The predicted octanol–water partition coefficient (Wildman–Crippen LogP) is 2.85. The lowest BCUT2D eigenvalue weighted by Gasteiger charge is -2.17. The van der Waals surface area contributed by atoms with Gasteiger partial charge in [-0.3, -0.25) is 9.78 Å². The van der Waals surface area contributed by atoms with Crippen LogP contribution in [0, 0.1) is 5.82 Å². The molecule has 0 fully saturated rings. The van der Waals surface area contributed by atoms with Gasteiger partial charge in [0.25, 0.3) is 5.91 Å². The van der Waals surface area contributed by atoms with Crippen LogP contribution < -0.4 is 0 Å². The van der Waals surface area contributed by atoms with E-state index in [-0.39, 0.29) is 28.8 Å². The maximum atomic E-state index is 13.3. The van der Waals surface area contributed by atoms with Gasteiger partial charge in [-0.1, -0.05) is 17.7 Å². The molecule has 0 aliphatic heterocycles. The molecule has 0 saturated carbocycles. The summed E-state index contributed by atoms with van der Waals surface area (Å²) in [7, 11) is 1.58. The molecular weight excluding hydrogens is 283 g/mol. The average Bonchev–Trinajstić information content (AvgIpc) is 2.42. The van der Waals surface area contributed by atoms with Crippen LogP contribution in [0.3, 0.4) is 0 Å². The summed E-state index contributed by atoms with van der Waals surface area (Å²) in [5.74, 6) is -0.922. The first-order chi connectivity index (χ1) is 9.47. The van der Waals surface area contributed by atoms with Gasteiger partial charge in [0.05, 0.1) is 16.8 Å². The Kier molecular flexibility index (Phi) is 4.20. The third kappa shape index (κ3) is 3.24. The van der Waals surface area contributed by atoms with Crippen LogP contribution in [0.5, 0.6) is 5.75 Å². The van der Waals surface area contributed by atoms with Crippen molar-refractivity contribution < 1.29 is 14.3 Å². The number of hydrogen-bond acceptors (Lipinski definition) is 3. The smallest absolute Gasteiger partial charge is 0.255 e. The molecule has 4 nitrogen and oxygen atoms in total. The van der Waals surface area contributed by atoms with Gasteiger partial charge in [-0.25, -0.2) is 4.39 Å². The number of aromatic hydroxyl groups is 1. The molecule has 0 aliphatic rings. The van der Waals surface area contributed by atoms with Gasteiger partial charge < -0.3 is 10.0 Å². The predicted molar refractivity (Wildman–Crippen MR) is 73.1 cm³/mol. The highest BCUT2D eigenvalue weighted by Gasteiger charge is 2.13. The second-order valence-electron chi connectivity index (χ2n) is 4.34. The zero-order valence-corrected chi connectivity index (χ0v) is 11.4. The number of pyridine rings is 1. The van der Waals surface area contributed by atoms with Crippen molar-refractivity contribution in [3.05, 3.63) is 58.6 Å². The number of nitrogens with zero attached hydrogens (tertiary/aromatic N) is 2. The highest BCUT2D eigenvalue weighted by Crippen LogP contribution is 2.17. The highest BCUT2D eigenvalue weighted by molar-refractivity contribution is 6.30. The van der Waals surface area contributed by atoms with Gasteiger partial charge in [0.2, 0.25) is 0 Å². The van der Waals surface area contributed by atoms with Crippen LogP contribution in [-0.4, -0.2) is 27.9 Å². The van der Waals surface area contributed by atoms with Crippen molar-refractivity contribution >= 4 is 17.5 Å². The van der Waals surface area contributed by atoms with Crippen molar-refractivity contribution in [2.75, 3.05) is 7.05 Å². The summed E-state index contributed by atoms with van der Waals surface area (Å²) in [4.78, 5) is 17.3. The largest absolute Gasteiger partial charge is 0.506 e. The van der Waals surface area contributed by atoms with Crippen LogP contribution in [0.4, 0.5) is 4.39 Å². The van der Waals surface area contributed by atoms with E-state index >= 15 is 0 Å². The standard InChI is InChI=1S/C14H12ClFN2O2/c1-18(8-9-2-3-12(15)13(16)4-9)14(20)10-5-11(19)7-17-6-10/h2-7,19H,8H2,1H3. The molecule has 2 rings (SSSR count). The van der Waals surface area contributed by atoms with Gasteiger partial charge in [-0.2, -0.15) is 0 Å². The lowest BCUT2D eigenvalue weighted by atomic mass is 10.2. The van der Waals surface area contributed by atoms with Gasteiger partial charge in [-0.05, 0) is 23.8 Å². The Labute approximate surface area is 120 Å². The molecule has 1 amide bonds. The Morgan fingerprint density at radius 2 is 2.15 bits per heavy atom. The Hall–Kier alpha value is -2.14. The lowest BCUT2D eigenvalue weighted by molar-refractivity contribution is 0.0784. The number of hydrogen-bond donors (Lipinski definition) is 1. The highest BCUT2D eigenvalue weighted by atomic mass is 35.5. The normalized spacial score (nSPS) is 10.3. The minimum absolute atomic E-state index is 0.0416. The summed E-state index contributed by atoms with van der Waals surface area (Å²) in [5, 5.41) is 9.34. The van der Waals surface area contributed by atoms with Crippen molar-refractivity contribution in [2.24, 2.45) is 0 Å². The number of benzene rings is 1. The van der Waals surface area contributed by atoms with Crippen LogP contribution in [0.2, 0.25) is 5.02 Å². The Balaban J connectivity index is 2.13. The Morgan fingerprint density at radius 1 is 1.40 bits per heavy atom. The maximum Gasteiger partial charge on any atom is 0.255 e. The van der Waals surface area contributed by atoms with Crippen molar-refractivity contribution in [3.8, 4) is 5.75 Å². The number of carbonyl (C=O) groups is 1. The van der Waals surface area contributed by atoms with Gasteiger partial charge in [0.15, 0.2) is 0 Å². The molecule has 0 radical (unpaired) electrons. The third-order valence-electron chi connectivity index (χ3n) is 2.72. The van der Waals surface area contributed by atoms with E-state index in [0.717, 1.165) is 0 Å². The van der Waals surface area contributed by atoms with Crippen molar-refractivity contribution in [1.82, 2.24) is 9.88 Å².